The van der Waals surface area contributed by atoms with Crippen LogP contribution in [0.5, 0.6) is 0 Å². The second kappa shape index (κ2) is 8.59. The van der Waals surface area contributed by atoms with Crippen molar-refractivity contribution in [1.82, 2.24) is 15.1 Å². The molecule has 0 fully saturated rings. The molecule has 2 aromatic carbocycles. The first kappa shape index (κ1) is 21.4. The summed E-state index contributed by atoms with van der Waals surface area (Å²) < 4.78 is 27.2. The summed E-state index contributed by atoms with van der Waals surface area (Å²) in [5.74, 6) is -0.593. The molecule has 2 amide bonds. The Labute approximate surface area is 177 Å². The molecule has 0 bridgehead atoms. The van der Waals surface area contributed by atoms with E-state index in [0.717, 1.165) is 16.9 Å². The molecule has 3 aromatic rings. The summed E-state index contributed by atoms with van der Waals surface area (Å²) in [6, 6.07) is 13.0. The van der Waals surface area contributed by atoms with Crippen molar-refractivity contribution < 1.29 is 18.0 Å². The number of carbonyl (C=O) groups is 2. The Morgan fingerprint density at radius 2 is 1.67 bits per heavy atom. The first-order valence-electron chi connectivity index (χ1n) is 8.72. The van der Waals surface area contributed by atoms with E-state index in [4.69, 9.17) is 0 Å². The van der Waals surface area contributed by atoms with Crippen molar-refractivity contribution in [2.45, 2.75) is 11.3 Å². The van der Waals surface area contributed by atoms with Gasteiger partial charge in [0.2, 0.25) is 5.13 Å². The smallest absolute Gasteiger partial charge is 0.291 e. The van der Waals surface area contributed by atoms with E-state index >= 15 is 0 Å². The van der Waals surface area contributed by atoms with Crippen molar-refractivity contribution in [1.29, 1.82) is 0 Å². The number of nitrogens with zero attached hydrogens (tertiary/aromatic N) is 3. The summed E-state index contributed by atoms with van der Waals surface area (Å²) in [5.41, 5.74) is 1.94. The van der Waals surface area contributed by atoms with Gasteiger partial charge in [-0.3, -0.25) is 19.6 Å². The zero-order valence-electron chi connectivity index (χ0n) is 16.4. The van der Waals surface area contributed by atoms with Gasteiger partial charge in [0.15, 0.2) is 0 Å². The van der Waals surface area contributed by atoms with E-state index in [0.29, 0.717) is 11.1 Å². The van der Waals surface area contributed by atoms with Crippen LogP contribution in [0.25, 0.3) is 0 Å². The molecule has 0 unspecified atom stereocenters. The van der Waals surface area contributed by atoms with Crippen LogP contribution in [0, 0.1) is 6.92 Å². The maximum absolute atomic E-state index is 12.6. The number of hydrogen-bond donors (Lipinski definition) is 2. The molecular weight excluding hydrogens is 426 g/mol. The van der Waals surface area contributed by atoms with Crippen molar-refractivity contribution in [3.05, 3.63) is 65.2 Å². The Balaban J connectivity index is 1.72. The number of aryl methyl sites for hydroxylation is 1. The summed E-state index contributed by atoms with van der Waals surface area (Å²) in [7, 11) is -0.745. The molecule has 0 spiro atoms. The quantitative estimate of drug-likeness (QED) is 0.563. The predicted octanol–water partition coefficient (Wildman–Crippen LogP) is 2.60. The van der Waals surface area contributed by atoms with Gasteiger partial charge in [-0.1, -0.05) is 29.5 Å². The highest BCUT2D eigenvalue weighted by molar-refractivity contribution is 7.94. The molecule has 156 valence electrons. The largest absolute Gasteiger partial charge is 0.345 e. The molecule has 2 N–H and O–H groups in total. The number of anilines is 2. The molecule has 0 atom stereocenters. The van der Waals surface area contributed by atoms with Gasteiger partial charge in [-0.25, -0.2) is 0 Å². The van der Waals surface area contributed by atoms with Gasteiger partial charge in [0.1, 0.15) is 0 Å². The summed E-state index contributed by atoms with van der Waals surface area (Å²) in [4.78, 5) is 25.7. The average Bonchev–Trinajstić information content (AvgIpc) is 3.17. The molecule has 11 heteroatoms. The number of hydrogen-bond acceptors (Lipinski definition) is 7. The molecule has 30 heavy (non-hydrogen) atoms. The number of sulfonamides is 1. The lowest BCUT2D eigenvalue weighted by atomic mass is 10.1. The fourth-order valence-corrected chi connectivity index (χ4v) is 4.45. The monoisotopic (exact) mass is 445 g/mol. The van der Waals surface area contributed by atoms with Gasteiger partial charge in [-0.2, -0.15) is 8.42 Å². The highest BCUT2D eigenvalue weighted by atomic mass is 32.2. The minimum atomic E-state index is -4.00. The molecule has 0 radical (unpaired) electrons. The Bertz CT molecular complexity index is 1190. The number of nitrogens with one attached hydrogen (secondary N) is 2. The van der Waals surface area contributed by atoms with Gasteiger partial charge in [0.05, 0.1) is 0 Å². The van der Waals surface area contributed by atoms with Crippen LogP contribution in [0.2, 0.25) is 0 Å². The van der Waals surface area contributed by atoms with E-state index in [2.05, 4.69) is 20.2 Å². The topological polar surface area (TPSA) is 121 Å². The van der Waals surface area contributed by atoms with Crippen LogP contribution in [0.3, 0.4) is 0 Å². The van der Waals surface area contributed by atoms with Crippen LogP contribution in [0.15, 0.2) is 52.9 Å². The summed E-state index contributed by atoms with van der Waals surface area (Å²) in [6.45, 7) is 1.80. The molecule has 0 saturated heterocycles. The predicted molar refractivity (Wildman–Crippen MR) is 114 cm³/mol. The van der Waals surface area contributed by atoms with Crippen LogP contribution in [0.4, 0.5) is 10.8 Å². The maximum Gasteiger partial charge on any atom is 0.291 e. The number of rotatable bonds is 6. The standard InChI is InChI=1S/C19H19N5O4S2/c1-12-6-4-5-7-15(12)16(25)20-18-21-22-19(29-18)30(27,28)23-14-10-8-13(9-11-14)17(26)24(2)3/h4-11,23H,1-3H3,(H,20,21,25). The minimum Gasteiger partial charge on any atom is -0.345 e. The van der Waals surface area contributed by atoms with Gasteiger partial charge in [-0.05, 0) is 42.8 Å². The van der Waals surface area contributed by atoms with Gasteiger partial charge in [-0.15, -0.1) is 10.2 Å². The number of benzene rings is 2. The molecule has 0 aliphatic heterocycles. The minimum absolute atomic E-state index is 0.0653. The normalized spacial score (nSPS) is 11.0. The van der Waals surface area contributed by atoms with Gasteiger partial charge >= 0.3 is 0 Å². The molecule has 3 rings (SSSR count). The lowest BCUT2D eigenvalue weighted by molar-refractivity contribution is 0.0827. The Morgan fingerprint density at radius 3 is 2.30 bits per heavy atom. The van der Waals surface area contributed by atoms with Crippen LogP contribution in [-0.2, 0) is 10.0 Å². The zero-order chi connectivity index (χ0) is 21.9. The molecule has 9 nitrogen and oxygen atoms in total. The Kier molecular flexibility index (Phi) is 6.13. The van der Waals surface area contributed by atoms with Crippen molar-refractivity contribution in [2.24, 2.45) is 0 Å². The van der Waals surface area contributed by atoms with Crippen molar-refractivity contribution in [3.8, 4) is 0 Å². The van der Waals surface area contributed by atoms with Crippen molar-refractivity contribution in [2.75, 3.05) is 24.1 Å². The summed E-state index contributed by atoms with van der Waals surface area (Å²) >= 11 is 0.734. The third-order valence-corrected chi connectivity index (χ3v) is 6.62. The highest BCUT2D eigenvalue weighted by Gasteiger charge is 2.22. The van der Waals surface area contributed by atoms with Crippen LogP contribution in [-0.4, -0.2) is 49.4 Å². The summed E-state index contributed by atoms with van der Waals surface area (Å²) in [6.07, 6.45) is 0. The van der Waals surface area contributed by atoms with Gasteiger partial charge < -0.3 is 4.90 Å². The van der Waals surface area contributed by atoms with E-state index in [-0.39, 0.29) is 21.1 Å². The van der Waals surface area contributed by atoms with Gasteiger partial charge in [0.25, 0.3) is 26.2 Å². The Hall–Kier alpha value is -3.31. The Morgan fingerprint density at radius 1 is 1.00 bits per heavy atom. The number of amides is 2. The third kappa shape index (κ3) is 4.81. The average molecular weight is 446 g/mol. The van der Waals surface area contributed by atoms with E-state index in [1.165, 1.54) is 29.2 Å². The molecule has 1 aromatic heterocycles. The van der Waals surface area contributed by atoms with Crippen LogP contribution in [0.1, 0.15) is 26.3 Å². The molecule has 0 saturated carbocycles. The number of carbonyl (C=O) groups excluding carboxylic acids is 2. The second-order valence-electron chi connectivity index (χ2n) is 6.52. The van der Waals surface area contributed by atoms with E-state index in [1.54, 1.807) is 39.2 Å². The van der Waals surface area contributed by atoms with E-state index in [1.807, 2.05) is 6.07 Å². The highest BCUT2D eigenvalue weighted by Crippen LogP contribution is 2.23. The third-order valence-electron chi connectivity index (χ3n) is 4.04. The first-order valence-corrected chi connectivity index (χ1v) is 11.0. The SMILES string of the molecule is Cc1ccccc1C(=O)Nc1nnc(S(=O)(=O)Nc2ccc(C(=O)N(C)C)cc2)s1. The van der Waals surface area contributed by atoms with Gasteiger partial charge in [0, 0.05) is 30.9 Å². The first-order chi connectivity index (χ1) is 14.2. The molecule has 1 heterocycles. The lowest BCUT2D eigenvalue weighted by Crippen LogP contribution is -2.21. The van der Waals surface area contributed by atoms with E-state index in [9.17, 15) is 18.0 Å². The fourth-order valence-electron chi connectivity index (χ4n) is 2.50. The molecule has 0 aliphatic carbocycles. The summed E-state index contributed by atoms with van der Waals surface area (Å²) in [5, 5.41) is 10.0. The fraction of sp³-hybridized carbons (Fsp3) is 0.158. The second-order valence-corrected chi connectivity index (χ2v) is 9.36. The zero-order valence-corrected chi connectivity index (χ0v) is 18.0. The van der Waals surface area contributed by atoms with Crippen molar-refractivity contribution in [3.63, 3.8) is 0 Å². The van der Waals surface area contributed by atoms with Crippen LogP contribution >= 0.6 is 11.3 Å². The van der Waals surface area contributed by atoms with Crippen LogP contribution < -0.4 is 10.0 Å². The lowest BCUT2D eigenvalue weighted by Gasteiger charge is -2.11. The molecule has 0 aliphatic rings. The maximum atomic E-state index is 12.6. The van der Waals surface area contributed by atoms with Crippen molar-refractivity contribution >= 4 is 44.0 Å². The molecular formula is C19H19N5O4S2. The van der Waals surface area contributed by atoms with E-state index < -0.39 is 15.9 Å². The number of aromatic nitrogens is 2.